The van der Waals surface area contributed by atoms with Gasteiger partial charge in [0.25, 0.3) is 0 Å². The van der Waals surface area contributed by atoms with Gasteiger partial charge in [0.1, 0.15) is 0 Å². The van der Waals surface area contributed by atoms with Crippen LogP contribution in [0.25, 0.3) is 6.08 Å². The van der Waals surface area contributed by atoms with Gasteiger partial charge in [0.2, 0.25) is 0 Å². The summed E-state index contributed by atoms with van der Waals surface area (Å²) < 4.78 is 11.3. The number of thiol groups is 1. The van der Waals surface area contributed by atoms with Gasteiger partial charge in [-0.25, -0.2) is 4.21 Å². The molecule has 0 saturated carbocycles. The molecule has 0 N–H and O–H groups in total. The maximum Gasteiger partial charge on any atom is 0.0793 e. The molecule has 1 aromatic carbocycles. The molecule has 2 rings (SSSR count). The second kappa shape index (κ2) is 2.50. The fraction of sp³-hybridized carbons (Fsp3) is 0. The summed E-state index contributed by atoms with van der Waals surface area (Å²) in [5.74, 6) is 0. The van der Waals surface area contributed by atoms with E-state index in [1.54, 1.807) is 5.41 Å². The zero-order valence-electron chi connectivity index (χ0n) is 5.65. The van der Waals surface area contributed by atoms with Crippen molar-refractivity contribution in [1.29, 1.82) is 0 Å². The van der Waals surface area contributed by atoms with Crippen LogP contribution < -0.4 is 0 Å². The van der Waals surface area contributed by atoms with Gasteiger partial charge in [0, 0.05) is 10.3 Å². The summed E-state index contributed by atoms with van der Waals surface area (Å²) in [6, 6.07) is 5.71. The van der Waals surface area contributed by atoms with E-state index in [1.165, 1.54) is 0 Å². The lowest BCUT2D eigenvalue weighted by Crippen LogP contribution is -1.85. The molecule has 0 amide bonds. The van der Waals surface area contributed by atoms with Gasteiger partial charge in [-0.3, -0.25) is 0 Å². The Balaban J connectivity index is 2.74. The topological polar surface area (TPSA) is 17.1 Å². The molecule has 0 aromatic heterocycles. The predicted molar refractivity (Wildman–Crippen MR) is 49.1 cm³/mol. The van der Waals surface area contributed by atoms with Crippen molar-refractivity contribution in [3.8, 4) is 0 Å². The van der Waals surface area contributed by atoms with E-state index >= 15 is 0 Å². The summed E-state index contributed by atoms with van der Waals surface area (Å²) in [7, 11) is -0.966. The molecule has 56 valence electrons. The van der Waals surface area contributed by atoms with E-state index < -0.39 is 10.8 Å². The Kier molecular flexibility index (Phi) is 1.62. The molecular formula is C8H6OS2. The molecule has 11 heavy (non-hydrogen) atoms. The van der Waals surface area contributed by atoms with E-state index in [0.29, 0.717) is 0 Å². The third-order valence-electron chi connectivity index (χ3n) is 1.60. The Hall–Kier alpha value is -0.540. The minimum absolute atomic E-state index is 0.811. The fourth-order valence-corrected chi connectivity index (χ4v) is 2.63. The van der Waals surface area contributed by atoms with Crippen LogP contribution in [0.15, 0.2) is 33.4 Å². The highest BCUT2D eigenvalue weighted by molar-refractivity contribution is 7.89. The summed E-state index contributed by atoms with van der Waals surface area (Å²) in [5.41, 5.74) is 1.02. The molecule has 3 heteroatoms. The van der Waals surface area contributed by atoms with Crippen LogP contribution in [0.4, 0.5) is 0 Å². The molecule has 1 unspecified atom stereocenters. The monoisotopic (exact) mass is 182 g/mol. The van der Waals surface area contributed by atoms with Crippen molar-refractivity contribution in [2.75, 3.05) is 0 Å². The van der Waals surface area contributed by atoms with Crippen molar-refractivity contribution in [1.82, 2.24) is 0 Å². The van der Waals surface area contributed by atoms with Gasteiger partial charge in [-0.1, -0.05) is 12.1 Å². The Bertz CT molecular complexity index is 355. The van der Waals surface area contributed by atoms with E-state index in [4.69, 9.17) is 0 Å². The van der Waals surface area contributed by atoms with Crippen LogP contribution in [0.1, 0.15) is 5.56 Å². The molecule has 1 aromatic rings. The van der Waals surface area contributed by atoms with E-state index in [1.807, 2.05) is 24.3 Å². The molecule has 1 nitrogen and oxygen atoms in total. The number of hydrogen-bond acceptors (Lipinski definition) is 2. The van der Waals surface area contributed by atoms with E-state index in [9.17, 15) is 4.21 Å². The van der Waals surface area contributed by atoms with Crippen LogP contribution in [0.3, 0.4) is 0 Å². The van der Waals surface area contributed by atoms with Gasteiger partial charge >= 0.3 is 0 Å². The number of benzene rings is 1. The second-order valence-corrected chi connectivity index (χ2v) is 4.05. The van der Waals surface area contributed by atoms with Gasteiger partial charge in [-0.15, -0.1) is 12.6 Å². The van der Waals surface area contributed by atoms with Crippen LogP contribution in [-0.4, -0.2) is 4.21 Å². The molecule has 1 aliphatic rings. The largest absolute Gasteiger partial charge is 0.250 e. The quantitative estimate of drug-likeness (QED) is 0.608. The van der Waals surface area contributed by atoms with Crippen LogP contribution in [0, 0.1) is 0 Å². The van der Waals surface area contributed by atoms with Crippen molar-refractivity contribution in [2.24, 2.45) is 0 Å². The maximum absolute atomic E-state index is 11.3. The zero-order valence-corrected chi connectivity index (χ0v) is 7.36. The molecule has 0 fully saturated rings. The molecule has 1 heterocycles. The maximum atomic E-state index is 11.3. The normalized spacial score (nSPS) is 20.3. The third-order valence-corrected chi connectivity index (χ3v) is 3.36. The van der Waals surface area contributed by atoms with Crippen LogP contribution >= 0.6 is 12.6 Å². The lowest BCUT2D eigenvalue weighted by molar-refractivity contribution is 0.687. The van der Waals surface area contributed by atoms with Crippen LogP contribution in [0.2, 0.25) is 0 Å². The SMILES string of the molecule is O=S1C=Cc2cccc(S)c21. The van der Waals surface area contributed by atoms with Gasteiger partial charge in [-0.2, -0.15) is 0 Å². The van der Waals surface area contributed by atoms with Crippen LogP contribution in [-0.2, 0) is 10.8 Å². The Morgan fingerprint density at radius 1 is 1.36 bits per heavy atom. The van der Waals surface area contributed by atoms with E-state index in [0.717, 1.165) is 15.4 Å². The Labute approximate surface area is 73.0 Å². The molecule has 1 aliphatic heterocycles. The molecule has 0 radical (unpaired) electrons. The molecule has 0 bridgehead atoms. The van der Waals surface area contributed by atoms with Gasteiger partial charge in [-0.05, 0) is 17.7 Å². The summed E-state index contributed by atoms with van der Waals surface area (Å²) in [6.07, 6.45) is 1.87. The molecule has 0 saturated heterocycles. The summed E-state index contributed by atoms with van der Waals surface area (Å²) in [5, 5.41) is 1.68. The van der Waals surface area contributed by atoms with Crippen molar-refractivity contribution < 1.29 is 4.21 Å². The minimum Gasteiger partial charge on any atom is -0.250 e. The standard InChI is InChI=1S/C8H6OS2/c9-11-5-4-6-2-1-3-7(10)8(6)11/h1-5,10H. The third kappa shape index (κ3) is 1.04. The highest BCUT2D eigenvalue weighted by Gasteiger charge is 2.13. The zero-order chi connectivity index (χ0) is 7.84. The second-order valence-electron chi connectivity index (χ2n) is 2.30. The molecule has 0 aliphatic carbocycles. The minimum atomic E-state index is -0.966. The fourth-order valence-electron chi connectivity index (χ4n) is 1.10. The Morgan fingerprint density at radius 3 is 2.91 bits per heavy atom. The number of rotatable bonds is 0. The molecular weight excluding hydrogens is 176 g/mol. The van der Waals surface area contributed by atoms with Crippen molar-refractivity contribution in [3.63, 3.8) is 0 Å². The lowest BCUT2D eigenvalue weighted by atomic mass is 10.2. The average molecular weight is 182 g/mol. The summed E-state index contributed by atoms with van der Waals surface area (Å²) in [6.45, 7) is 0. The Morgan fingerprint density at radius 2 is 2.18 bits per heavy atom. The number of hydrogen-bond donors (Lipinski definition) is 1. The van der Waals surface area contributed by atoms with E-state index in [2.05, 4.69) is 12.6 Å². The van der Waals surface area contributed by atoms with Gasteiger partial charge in [0.05, 0.1) is 15.7 Å². The first-order valence-corrected chi connectivity index (χ1v) is 4.86. The van der Waals surface area contributed by atoms with Crippen LogP contribution in [0.5, 0.6) is 0 Å². The van der Waals surface area contributed by atoms with E-state index in [-0.39, 0.29) is 0 Å². The molecule has 0 spiro atoms. The first-order chi connectivity index (χ1) is 5.29. The summed E-state index contributed by atoms with van der Waals surface area (Å²) in [4.78, 5) is 1.65. The first kappa shape index (κ1) is 7.13. The average Bonchev–Trinajstić information content (AvgIpc) is 2.34. The smallest absolute Gasteiger partial charge is 0.0793 e. The first-order valence-electron chi connectivity index (χ1n) is 3.20. The highest BCUT2D eigenvalue weighted by Crippen LogP contribution is 2.28. The molecule has 1 atom stereocenters. The predicted octanol–water partition coefficient (Wildman–Crippen LogP) is 2.07. The summed E-state index contributed by atoms with van der Waals surface area (Å²) >= 11 is 4.21. The number of fused-ring (bicyclic) bond motifs is 1. The lowest BCUT2D eigenvalue weighted by Gasteiger charge is -1.99. The van der Waals surface area contributed by atoms with Gasteiger partial charge in [0.15, 0.2) is 0 Å². The highest BCUT2D eigenvalue weighted by atomic mass is 32.2. The van der Waals surface area contributed by atoms with Crippen molar-refractivity contribution in [3.05, 3.63) is 29.2 Å². The van der Waals surface area contributed by atoms with Crippen molar-refractivity contribution >= 4 is 29.5 Å². The van der Waals surface area contributed by atoms with Crippen molar-refractivity contribution in [2.45, 2.75) is 9.79 Å². The van der Waals surface area contributed by atoms with Gasteiger partial charge < -0.3 is 0 Å².